The zero-order chi connectivity index (χ0) is 26.2. The Morgan fingerprint density at radius 3 is 1.74 bits per heavy atom. The normalized spacial score (nSPS) is 15.0. The van der Waals surface area contributed by atoms with E-state index >= 15 is 0 Å². The first-order valence-electron chi connectivity index (χ1n) is 10.7. The molecule has 35 heavy (non-hydrogen) atoms. The molecule has 2 aromatic carbocycles. The molecule has 0 saturated carbocycles. The van der Waals surface area contributed by atoms with Gasteiger partial charge in [-0.05, 0) is 27.7 Å². The summed E-state index contributed by atoms with van der Waals surface area (Å²) in [6, 6.07) is 12.7. The molecular formula is C24H28N4O7. The van der Waals surface area contributed by atoms with Gasteiger partial charge in [0.1, 0.15) is 0 Å². The lowest BCUT2D eigenvalue weighted by Crippen LogP contribution is -2.30. The highest BCUT2D eigenvalue weighted by molar-refractivity contribution is 5.88. The van der Waals surface area contributed by atoms with Crippen LogP contribution in [0.25, 0.3) is 0 Å². The first-order valence-corrected chi connectivity index (χ1v) is 10.7. The number of nitro groups is 2. The predicted molar refractivity (Wildman–Crippen MR) is 128 cm³/mol. The van der Waals surface area contributed by atoms with Crippen LogP contribution >= 0.6 is 0 Å². The summed E-state index contributed by atoms with van der Waals surface area (Å²) in [4.78, 5) is 43.6. The average Bonchev–Trinajstić information content (AvgIpc) is 3.44. The number of hydrogen-bond donors (Lipinski definition) is 2. The van der Waals surface area contributed by atoms with E-state index in [-0.39, 0.29) is 36.3 Å². The van der Waals surface area contributed by atoms with E-state index in [1.807, 2.05) is 27.7 Å². The molecule has 11 heteroatoms. The Bertz CT molecular complexity index is 1140. The fourth-order valence-electron chi connectivity index (χ4n) is 3.09. The van der Waals surface area contributed by atoms with Gasteiger partial charge in [-0.2, -0.15) is 0 Å². The van der Waals surface area contributed by atoms with Gasteiger partial charge in [-0.3, -0.25) is 29.8 Å². The lowest BCUT2D eigenvalue weighted by Gasteiger charge is -2.04. The van der Waals surface area contributed by atoms with Crippen LogP contribution in [0.15, 0.2) is 60.2 Å². The Hall–Kier alpha value is -4.12. The SMILES string of the molecule is CC(C)=CC(=O)NCc1ccccc1[N+](=O)[O-].CC1(C)OC1C(=O)NCc1ccccc1[N+](=O)[O-]. The Balaban J connectivity index is 0.000000247. The van der Waals surface area contributed by atoms with Crippen molar-refractivity contribution in [2.45, 2.75) is 52.5 Å². The minimum Gasteiger partial charge on any atom is -0.356 e. The number of epoxide rings is 1. The van der Waals surface area contributed by atoms with E-state index in [9.17, 15) is 29.8 Å². The maximum atomic E-state index is 11.7. The molecule has 1 aliphatic rings. The van der Waals surface area contributed by atoms with Gasteiger partial charge in [-0.25, -0.2) is 0 Å². The van der Waals surface area contributed by atoms with E-state index in [1.165, 1.54) is 18.2 Å². The predicted octanol–water partition coefficient (Wildman–Crippen LogP) is 3.57. The second kappa shape index (κ2) is 11.8. The molecule has 2 aromatic rings. The van der Waals surface area contributed by atoms with E-state index in [2.05, 4.69) is 10.6 Å². The van der Waals surface area contributed by atoms with Gasteiger partial charge in [-0.15, -0.1) is 0 Å². The van der Waals surface area contributed by atoms with Crippen molar-refractivity contribution in [1.29, 1.82) is 0 Å². The molecule has 0 aliphatic carbocycles. The summed E-state index contributed by atoms with van der Waals surface area (Å²) in [6.45, 7) is 7.55. The van der Waals surface area contributed by atoms with Crippen LogP contribution < -0.4 is 10.6 Å². The molecule has 2 N–H and O–H groups in total. The fraction of sp³-hybridized carbons (Fsp3) is 0.333. The molecule has 186 valence electrons. The number of rotatable bonds is 8. The number of allylic oxidation sites excluding steroid dienone is 1. The third-order valence-electron chi connectivity index (χ3n) is 4.94. The quantitative estimate of drug-likeness (QED) is 0.251. The number of nitrogens with zero attached hydrogens (tertiary/aromatic N) is 2. The zero-order valence-corrected chi connectivity index (χ0v) is 19.9. The lowest BCUT2D eigenvalue weighted by molar-refractivity contribution is -0.385. The number of hydrogen-bond acceptors (Lipinski definition) is 7. The van der Waals surface area contributed by atoms with E-state index in [4.69, 9.17) is 4.74 Å². The van der Waals surface area contributed by atoms with Crippen molar-refractivity contribution in [3.05, 3.63) is 91.5 Å². The Morgan fingerprint density at radius 1 is 0.914 bits per heavy atom. The second-order valence-electron chi connectivity index (χ2n) is 8.53. The van der Waals surface area contributed by atoms with Crippen LogP contribution in [0.4, 0.5) is 11.4 Å². The molecule has 0 aromatic heterocycles. The maximum absolute atomic E-state index is 11.7. The van der Waals surface area contributed by atoms with Crippen molar-refractivity contribution in [2.75, 3.05) is 0 Å². The molecule has 1 saturated heterocycles. The first kappa shape index (κ1) is 27.1. The second-order valence-corrected chi connectivity index (χ2v) is 8.53. The Kier molecular flexibility index (Phi) is 9.18. The van der Waals surface area contributed by atoms with Crippen molar-refractivity contribution in [2.24, 2.45) is 0 Å². The van der Waals surface area contributed by atoms with Crippen LogP contribution in [0.1, 0.15) is 38.8 Å². The van der Waals surface area contributed by atoms with Crippen LogP contribution in [0.2, 0.25) is 0 Å². The van der Waals surface area contributed by atoms with Crippen molar-refractivity contribution < 1.29 is 24.2 Å². The van der Waals surface area contributed by atoms with Gasteiger partial charge >= 0.3 is 0 Å². The molecule has 2 amide bonds. The minimum atomic E-state index is -0.459. The fourth-order valence-corrected chi connectivity index (χ4v) is 3.09. The van der Waals surface area contributed by atoms with Gasteiger partial charge in [0.25, 0.3) is 17.3 Å². The van der Waals surface area contributed by atoms with Crippen molar-refractivity contribution >= 4 is 23.2 Å². The summed E-state index contributed by atoms with van der Waals surface area (Å²) in [6.07, 6.45) is 0.995. The lowest BCUT2D eigenvalue weighted by atomic mass is 10.1. The highest BCUT2D eigenvalue weighted by Gasteiger charge is 2.52. The molecule has 0 radical (unpaired) electrons. The number of para-hydroxylation sites is 2. The number of benzene rings is 2. The molecule has 0 spiro atoms. The average molecular weight is 485 g/mol. The Morgan fingerprint density at radius 2 is 1.34 bits per heavy atom. The highest BCUT2D eigenvalue weighted by atomic mass is 16.6. The number of nitro benzene ring substituents is 2. The van der Waals surface area contributed by atoms with Crippen LogP contribution in [0.3, 0.4) is 0 Å². The number of amides is 2. The minimum absolute atomic E-state index is 0.00813. The zero-order valence-electron chi connectivity index (χ0n) is 19.9. The first-order chi connectivity index (χ1) is 16.4. The highest BCUT2D eigenvalue weighted by Crippen LogP contribution is 2.35. The third-order valence-corrected chi connectivity index (χ3v) is 4.94. The molecule has 11 nitrogen and oxygen atoms in total. The standard InChI is InChI=1S/C12H14N2O4.C12H14N2O3/c1-12(2)10(18-12)11(15)13-7-8-5-3-4-6-9(8)14(16)17;1-9(2)7-12(15)13-8-10-5-3-4-6-11(10)14(16)17/h3-6,10H,7H2,1-2H3,(H,13,15);3-7H,8H2,1-2H3,(H,13,15). The van der Waals surface area contributed by atoms with Crippen LogP contribution in [-0.2, 0) is 27.4 Å². The summed E-state index contributed by atoms with van der Waals surface area (Å²) in [5.74, 6) is -0.485. The molecule has 1 fully saturated rings. The van der Waals surface area contributed by atoms with E-state index in [0.717, 1.165) is 5.57 Å². The summed E-state index contributed by atoms with van der Waals surface area (Å²) < 4.78 is 5.19. The van der Waals surface area contributed by atoms with E-state index < -0.39 is 21.6 Å². The molecule has 3 rings (SSSR count). The van der Waals surface area contributed by atoms with Crippen molar-refractivity contribution in [1.82, 2.24) is 10.6 Å². The molecule has 1 unspecified atom stereocenters. The number of carbonyl (C=O) groups excluding carboxylic acids is 2. The van der Waals surface area contributed by atoms with Gasteiger partial charge in [0.15, 0.2) is 6.10 Å². The maximum Gasteiger partial charge on any atom is 0.274 e. The van der Waals surface area contributed by atoms with Gasteiger partial charge < -0.3 is 15.4 Å². The van der Waals surface area contributed by atoms with Crippen molar-refractivity contribution in [3.8, 4) is 0 Å². The largest absolute Gasteiger partial charge is 0.356 e. The molecular weight excluding hydrogens is 456 g/mol. The molecule has 0 bridgehead atoms. The van der Waals surface area contributed by atoms with Gasteiger partial charge in [0.05, 0.1) is 15.4 Å². The topological polar surface area (TPSA) is 157 Å². The van der Waals surface area contributed by atoms with Crippen LogP contribution in [-0.4, -0.2) is 33.4 Å². The smallest absolute Gasteiger partial charge is 0.274 e. The third kappa shape index (κ3) is 8.31. The van der Waals surface area contributed by atoms with E-state index in [0.29, 0.717) is 11.1 Å². The van der Waals surface area contributed by atoms with Gasteiger partial charge in [0, 0.05) is 42.4 Å². The number of nitrogens with one attached hydrogen (secondary N) is 2. The van der Waals surface area contributed by atoms with Crippen LogP contribution in [0.5, 0.6) is 0 Å². The number of ether oxygens (including phenoxy) is 1. The molecule has 1 heterocycles. The summed E-state index contributed by atoms with van der Waals surface area (Å²) in [7, 11) is 0. The number of carbonyl (C=O) groups is 2. The van der Waals surface area contributed by atoms with Crippen molar-refractivity contribution in [3.63, 3.8) is 0 Å². The molecule has 1 aliphatic heterocycles. The summed E-state index contributed by atoms with van der Waals surface area (Å²) in [5.41, 5.74) is 1.46. The monoisotopic (exact) mass is 484 g/mol. The van der Waals surface area contributed by atoms with Gasteiger partial charge in [-0.1, -0.05) is 42.0 Å². The van der Waals surface area contributed by atoms with Gasteiger partial charge in [0.2, 0.25) is 5.91 Å². The summed E-state index contributed by atoms with van der Waals surface area (Å²) >= 11 is 0. The van der Waals surface area contributed by atoms with E-state index in [1.54, 1.807) is 36.4 Å². The summed E-state index contributed by atoms with van der Waals surface area (Å²) in [5, 5.41) is 26.8. The van der Waals surface area contributed by atoms with Crippen LogP contribution in [0, 0.1) is 20.2 Å². The molecule has 1 atom stereocenters. The Labute approximate surface area is 202 Å².